The second-order valence-electron chi connectivity index (χ2n) is 8.27. The summed E-state index contributed by atoms with van der Waals surface area (Å²) in [5.41, 5.74) is 12.8. The molecule has 1 saturated heterocycles. The van der Waals surface area contributed by atoms with Crippen LogP contribution in [-0.4, -0.2) is 52.4 Å². The molecule has 184 valence electrons. The Bertz CT molecular complexity index is 1580. The van der Waals surface area contributed by atoms with Crippen LogP contribution in [0.1, 0.15) is 5.56 Å². The molecule has 0 radical (unpaired) electrons. The fourth-order valence-electron chi connectivity index (χ4n) is 4.57. The lowest BCUT2D eigenvalue weighted by atomic mass is 9.99. The minimum absolute atomic E-state index is 0.0130. The second-order valence-corrected chi connectivity index (χ2v) is 9.71. The molecule has 2 aromatic carbocycles. The molecule has 5 N–H and O–H groups in total. The van der Waals surface area contributed by atoms with Crippen molar-refractivity contribution in [2.75, 3.05) is 42.5 Å². The number of anilines is 3. The van der Waals surface area contributed by atoms with Gasteiger partial charge in [-0.3, -0.25) is 4.90 Å². The molecule has 36 heavy (non-hydrogen) atoms. The van der Waals surface area contributed by atoms with Gasteiger partial charge in [0.15, 0.2) is 10.9 Å². The number of fused-ring (bicyclic) bond motifs is 2. The minimum Gasteiger partial charge on any atom is -0.383 e. The van der Waals surface area contributed by atoms with Crippen molar-refractivity contribution < 1.29 is 13.9 Å². The van der Waals surface area contributed by atoms with Crippen molar-refractivity contribution in [1.29, 1.82) is 5.26 Å². The number of piperazine rings is 1. The van der Waals surface area contributed by atoms with Crippen LogP contribution in [0.5, 0.6) is 0 Å². The van der Waals surface area contributed by atoms with Gasteiger partial charge in [0.1, 0.15) is 35.0 Å². The van der Waals surface area contributed by atoms with Gasteiger partial charge >= 0.3 is 0 Å². The molecule has 3 heterocycles. The van der Waals surface area contributed by atoms with Crippen LogP contribution >= 0.6 is 22.9 Å². The number of rotatable bonds is 4. The molecule has 0 saturated carbocycles. The topological polar surface area (TPSA) is 128 Å². The van der Waals surface area contributed by atoms with Gasteiger partial charge in [-0.1, -0.05) is 29.5 Å². The number of aliphatic hydroxyl groups excluding tert-OH is 1. The molecular weight excluding hydrogens is 508 g/mol. The average molecular weight is 528 g/mol. The lowest BCUT2D eigenvalue weighted by molar-refractivity contribution is 0.0381. The molecule has 5 rings (SSSR count). The number of nitrogens with two attached hydrogens (primary N) is 2. The molecule has 2 aromatic heterocycles. The maximum Gasteiger partial charge on any atom is 0.181 e. The summed E-state index contributed by atoms with van der Waals surface area (Å²) in [7, 11) is 0. The summed E-state index contributed by atoms with van der Waals surface area (Å²) in [5, 5.41) is 20.4. The molecule has 1 unspecified atom stereocenters. The molecule has 1 atom stereocenters. The minimum atomic E-state index is -0.788. The number of pyridine rings is 1. The van der Waals surface area contributed by atoms with Gasteiger partial charge in [0.05, 0.1) is 20.9 Å². The van der Waals surface area contributed by atoms with E-state index < -0.39 is 17.9 Å². The van der Waals surface area contributed by atoms with E-state index in [0.29, 0.717) is 37.3 Å². The third-order valence-electron chi connectivity index (χ3n) is 6.28. The van der Waals surface area contributed by atoms with Crippen molar-refractivity contribution in [2.24, 2.45) is 0 Å². The Balaban J connectivity index is 1.71. The van der Waals surface area contributed by atoms with Gasteiger partial charge in [-0.15, -0.1) is 0 Å². The van der Waals surface area contributed by atoms with Crippen LogP contribution in [-0.2, 0) is 0 Å². The zero-order chi connectivity index (χ0) is 25.7. The van der Waals surface area contributed by atoms with Crippen molar-refractivity contribution in [2.45, 2.75) is 6.23 Å². The van der Waals surface area contributed by atoms with Crippen LogP contribution in [0.2, 0.25) is 5.02 Å². The number of aliphatic hydroxyl groups is 1. The third-order valence-corrected chi connectivity index (χ3v) is 7.47. The van der Waals surface area contributed by atoms with Crippen molar-refractivity contribution in [1.82, 2.24) is 14.9 Å². The van der Waals surface area contributed by atoms with E-state index in [1.54, 1.807) is 0 Å². The average Bonchev–Trinajstić information content (AvgIpc) is 3.27. The predicted molar refractivity (Wildman–Crippen MR) is 139 cm³/mol. The lowest BCUT2D eigenvalue weighted by Crippen LogP contribution is -2.50. The van der Waals surface area contributed by atoms with E-state index in [-0.39, 0.29) is 48.4 Å². The quantitative estimate of drug-likeness (QED) is 0.338. The van der Waals surface area contributed by atoms with Crippen molar-refractivity contribution in [3.8, 4) is 17.2 Å². The SMILES string of the molecule is C=CC(O)N1CCN(c2c(C#N)c(N)nc3c(F)c(-c4ccc(F)c5sc(N)nc45)c(Cl)cc23)CC1. The second kappa shape index (κ2) is 9.15. The summed E-state index contributed by atoms with van der Waals surface area (Å²) in [5.74, 6) is -1.41. The molecule has 0 bridgehead atoms. The summed E-state index contributed by atoms with van der Waals surface area (Å²) < 4.78 is 30.7. The first-order valence-electron chi connectivity index (χ1n) is 10.9. The van der Waals surface area contributed by atoms with Crippen molar-refractivity contribution in [3.63, 3.8) is 0 Å². The number of aromatic nitrogens is 2. The number of thiazole rings is 1. The number of hydrogen-bond donors (Lipinski definition) is 3. The molecular formula is C24H20ClF2N7OS. The molecule has 4 aromatic rings. The zero-order valence-electron chi connectivity index (χ0n) is 18.8. The van der Waals surface area contributed by atoms with E-state index in [0.717, 1.165) is 11.3 Å². The monoisotopic (exact) mass is 527 g/mol. The fourth-order valence-corrected chi connectivity index (χ4v) is 5.63. The highest BCUT2D eigenvalue weighted by Gasteiger charge is 2.28. The van der Waals surface area contributed by atoms with E-state index in [1.807, 2.05) is 9.80 Å². The van der Waals surface area contributed by atoms with Gasteiger partial charge in [0.25, 0.3) is 0 Å². The van der Waals surface area contributed by atoms with Crippen LogP contribution in [0.3, 0.4) is 0 Å². The molecule has 12 heteroatoms. The third kappa shape index (κ3) is 3.79. The number of nitriles is 1. The van der Waals surface area contributed by atoms with Crippen LogP contribution < -0.4 is 16.4 Å². The van der Waals surface area contributed by atoms with Crippen LogP contribution in [0, 0.1) is 23.0 Å². The predicted octanol–water partition coefficient (Wildman–Crippen LogP) is 4.11. The summed E-state index contributed by atoms with van der Waals surface area (Å²) in [6.07, 6.45) is 0.651. The van der Waals surface area contributed by atoms with Crippen molar-refractivity contribution in [3.05, 3.63) is 53.1 Å². The first-order valence-corrected chi connectivity index (χ1v) is 12.1. The van der Waals surface area contributed by atoms with Crippen LogP contribution in [0.4, 0.5) is 25.4 Å². The van der Waals surface area contributed by atoms with Gasteiger partial charge in [0.2, 0.25) is 0 Å². The molecule has 0 spiro atoms. The Morgan fingerprint density at radius 2 is 1.92 bits per heavy atom. The number of benzene rings is 2. The zero-order valence-corrected chi connectivity index (χ0v) is 20.4. The fraction of sp³-hybridized carbons (Fsp3) is 0.208. The molecule has 8 nitrogen and oxygen atoms in total. The van der Waals surface area contributed by atoms with Gasteiger partial charge in [0, 0.05) is 42.7 Å². The van der Waals surface area contributed by atoms with Crippen LogP contribution in [0.25, 0.3) is 32.2 Å². The lowest BCUT2D eigenvalue weighted by Gasteiger charge is -2.38. The number of nitrogens with zero attached hydrogens (tertiary/aromatic N) is 5. The van der Waals surface area contributed by atoms with Crippen molar-refractivity contribution >= 4 is 60.7 Å². The summed E-state index contributed by atoms with van der Waals surface area (Å²) in [6, 6.07) is 6.21. The van der Waals surface area contributed by atoms with Crippen LogP contribution in [0.15, 0.2) is 30.9 Å². The van der Waals surface area contributed by atoms with Gasteiger partial charge in [-0.25, -0.2) is 18.7 Å². The largest absolute Gasteiger partial charge is 0.383 e. The maximum atomic E-state index is 16.1. The normalized spacial score (nSPS) is 15.4. The Hall–Kier alpha value is -3.56. The number of hydrogen-bond acceptors (Lipinski definition) is 9. The Morgan fingerprint density at radius 3 is 2.58 bits per heavy atom. The van der Waals surface area contributed by atoms with Gasteiger partial charge in [-0.2, -0.15) is 5.26 Å². The van der Waals surface area contributed by atoms with E-state index >= 15 is 4.39 Å². The van der Waals surface area contributed by atoms with E-state index in [1.165, 1.54) is 24.3 Å². The Morgan fingerprint density at radius 1 is 1.19 bits per heavy atom. The smallest absolute Gasteiger partial charge is 0.181 e. The highest BCUT2D eigenvalue weighted by Crippen LogP contribution is 2.44. The summed E-state index contributed by atoms with van der Waals surface area (Å²) >= 11 is 7.57. The Labute approximate surface area is 213 Å². The molecule has 0 amide bonds. The Kier molecular flexibility index (Phi) is 6.13. The maximum absolute atomic E-state index is 16.1. The number of nitrogen functional groups attached to an aromatic ring is 2. The first-order chi connectivity index (χ1) is 17.2. The standard InChI is InChI=1S/C24H20ClF2N7OS/c1-2-16(35)33-5-7-34(8-6-33)21-12-9-14(25)17(18(27)19(12)31-23(29)13(21)10-28)11-3-4-15(26)22-20(11)32-24(30)36-22/h2-4,9,16,35H,1,5-8H2,(H2,29,31)(H2,30,32). The molecule has 0 aliphatic carbocycles. The highest BCUT2D eigenvalue weighted by atomic mass is 35.5. The first kappa shape index (κ1) is 24.1. The van der Waals surface area contributed by atoms with Gasteiger partial charge < -0.3 is 21.5 Å². The van der Waals surface area contributed by atoms with E-state index in [9.17, 15) is 14.8 Å². The van der Waals surface area contributed by atoms with Gasteiger partial charge in [-0.05, 0) is 24.3 Å². The highest BCUT2D eigenvalue weighted by molar-refractivity contribution is 7.22. The molecule has 1 aliphatic rings. The summed E-state index contributed by atoms with van der Waals surface area (Å²) in [6.45, 7) is 5.45. The van der Waals surface area contributed by atoms with E-state index in [2.05, 4.69) is 22.6 Å². The van der Waals surface area contributed by atoms with E-state index in [4.69, 9.17) is 23.1 Å². The molecule has 1 fully saturated rings. The number of halogens is 3. The molecule has 1 aliphatic heterocycles. The summed E-state index contributed by atoms with van der Waals surface area (Å²) in [4.78, 5) is 12.1.